The molecule has 7 heteroatoms. The number of halogens is 1. The van der Waals surface area contributed by atoms with E-state index >= 15 is 0 Å². The van der Waals surface area contributed by atoms with Crippen LogP contribution >= 0.6 is 11.3 Å². The lowest BCUT2D eigenvalue weighted by molar-refractivity contribution is -0.131. The average Bonchev–Trinajstić information content (AvgIpc) is 3.04. The molecular weight excluding hydrogens is 315 g/mol. The fraction of sp³-hybridized carbons (Fsp3) is 0.375. The number of rotatable bonds is 4. The van der Waals surface area contributed by atoms with E-state index in [1.807, 2.05) is 10.3 Å². The Morgan fingerprint density at radius 2 is 1.91 bits per heavy atom. The summed E-state index contributed by atoms with van der Waals surface area (Å²) in [6, 6.07) is 6.39. The molecule has 0 spiro atoms. The number of hydrogen-bond donors (Lipinski definition) is 1. The smallest absolute Gasteiger partial charge is 0.236 e. The first-order chi connectivity index (χ1) is 11.2. The molecule has 1 aromatic carbocycles. The van der Waals surface area contributed by atoms with Crippen LogP contribution in [0.5, 0.6) is 0 Å². The predicted octanol–water partition coefficient (Wildman–Crippen LogP) is 1.55. The van der Waals surface area contributed by atoms with Crippen LogP contribution in [0.3, 0.4) is 0 Å². The van der Waals surface area contributed by atoms with Gasteiger partial charge in [-0.1, -0.05) is 0 Å². The van der Waals surface area contributed by atoms with E-state index in [0.29, 0.717) is 13.1 Å². The Balaban J connectivity index is 1.58. The van der Waals surface area contributed by atoms with Gasteiger partial charge in [0.2, 0.25) is 5.91 Å². The molecule has 0 aliphatic carbocycles. The van der Waals surface area contributed by atoms with Gasteiger partial charge in [0.1, 0.15) is 10.8 Å². The van der Waals surface area contributed by atoms with Gasteiger partial charge in [0.15, 0.2) is 0 Å². The summed E-state index contributed by atoms with van der Waals surface area (Å²) in [4.78, 5) is 20.3. The molecule has 2 N–H and O–H groups in total. The summed E-state index contributed by atoms with van der Waals surface area (Å²) in [5.41, 5.74) is 7.33. The van der Waals surface area contributed by atoms with Crippen molar-refractivity contribution in [3.8, 4) is 10.6 Å². The molecule has 2 heterocycles. The number of hydrogen-bond acceptors (Lipinski definition) is 5. The molecule has 5 nitrogen and oxygen atoms in total. The monoisotopic (exact) mass is 334 g/mol. The van der Waals surface area contributed by atoms with Gasteiger partial charge < -0.3 is 10.6 Å². The summed E-state index contributed by atoms with van der Waals surface area (Å²) in [6.07, 6.45) is 0. The van der Waals surface area contributed by atoms with E-state index in [1.54, 1.807) is 23.5 Å². The molecule has 1 aliphatic heterocycles. The maximum absolute atomic E-state index is 13.0. The molecule has 0 radical (unpaired) electrons. The summed E-state index contributed by atoms with van der Waals surface area (Å²) < 4.78 is 13.0. The molecule has 3 rings (SSSR count). The van der Waals surface area contributed by atoms with Crippen LogP contribution in [0.15, 0.2) is 29.6 Å². The van der Waals surface area contributed by atoms with E-state index in [2.05, 4.69) is 9.88 Å². The quantitative estimate of drug-likeness (QED) is 0.921. The van der Waals surface area contributed by atoms with Crippen LogP contribution in [0, 0.1) is 5.82 Å². The third kappa shape index (κ3) is 3.93. The van der Waals surface area contributed by atoms with Gasteiger partial charge in [-0.25, -0.2) is 9.37 Å². The van der Waals surface area contributed by atoms with E-state index < -0.39 is 0 Å². The maximum atomic E-state index is 13.0. The van der Waals surface area contributed by atoms with Crippen LogP contribution in [-0.2, 0) is 11.3 Å². The lowest BCUT2D eigenvalue weighted by Gasteiger charge is -2.34. The van der Waals surface area contributed by atoms with Gasteiger partial charge in [0.05, 0.1) is 12.2 Å². The van der Waals surface area contributed by atoms with E-state index in [1.165, 1.54) is 12.1 Å². The van der Waals surface area contributed by atoms with Gasteiger partial charge in [-0.3, -0.25) is 9.69 Å². The van der Waals surface area contributed by atoms with E-state index in [0.717, 1.165) is 35.9 Å². The first kappa shape index (κ1) is 16.0. The second-order valence-corrected chi connectivity index (χ2v) is 6.37. The van der Waals surface area contributed by atoms with Crippen molar-refractivity contribution < 1.29 is 9.18 Å². The third-order valence-electron chi connectivity index (χ3n) is 3.93. The Morgan fingerprint density at radius 3 is 2.57 bits per heavy atom. The minimum atomic E-state index is -0.240. The van der Waals surface area contributed by atoms with Crippen LogP contribution in [0.1, 0.15) is 5.69 Å². The number of amides is 1. The molecule has 23 heavy (non-hydrogen) atoms. The van der Waals surface area contributed by atoms with Gasteiger partial charge in [-0.05, 0) is 24.3 Å². The summed E-state index contributed by atoms with van der Waals surface area (Å²) >= 11 is 1.56. The average molecular weight is 334 g/mol. The summed E-state index contributed by atoms with van der Waals surface area (Å²) in [5, 5.41) is 2.94. The molecule has 1 aliphatic rings. The number of benzene rings is 1. The van der Waals surface area contributed by atoms with Gasteiger partial charge in [0, 0.05) is 43.7 Å². The lowest BCUT2D eigenvalue weighted by atomic mass is 10.2. The maximum Gasteiger partial charge on any atom is 0.236 e. The highest BCUT2D eigenvalue weighted by atomic mass is 32.1. The lowest BCUT2D eigenvalue weighted by Crippen LogP contribution is -2.49. The Morgan fingerprint density at radius 1 is 1.22 bits per heavy atom. The molecule has 1 amide bonds. The summed E-state index contributed by atoms with van der Waals surface area (Å²) in [5.74, 6) is -0.229. The number of carbonyl (C=O) groups is 1. The molecule has 1 aromatic heterocycles. The zero-order valence-electron chi connectivity index (χ0n) is 12.7. The van der Waals surface area contributed by atoms with Crippen LogP contribution < -0.4 is 5.73 Å². The van der Waals surface area contributed by atoms with E-state index in [9.17, 15) is 9.18 Å². The van der Waals surface area contributed by atoms with Crippen molar-refractivity contribution >= 4 is 17.2 Å². The van der Waals surface area contributed by atoms with Crippen LogP contribution in [0.2, 0.25) is 0 Å². The molecule has 0 bridgehead atoms. The van der Waals surface area contributed by atoms with Crippen molar-refractivity contribution in [2.75, 3.05) is 32.7 Å². The molecule has 1 fully saturated rings. The summed E-state index contributed by atoms with van der Waals surface area (Å²) in [7, 11) is 0. The van der Waals surface area contributed by atoms with E-state index in [4.69, 9.17) is 5.73 Å². The third-order valence-corrected chi connectivity index (χ3v) is 4.87. The molecule has 0 unspecified atom stereocenters. The van der Waals surface area contributed by atoms with Crippen LogP contribution in [0.25, 0.3) is 10.6 Å². The SMILES string of the molecule is NCC(=O)N1CCN(Cc2csc(-c3ccc(F)cc3)n2)CC1. The van der Waals surface area contributed by atoms with Crippen molar-refractivity contribution in [2.24, 2.45) is 5.73 Å². The molecule has 2 aromatic rings. The topological polar surface area (TPSA) is 62.5 Å². The number of aromatic nitrogens is 1. The normalized spacial score (nSPS) is 15.8. The number of thiazole rings is 1. The highest BCUT2D eigenvalue weighted by Gasteiger charge is 2.20. The molecule has 1 saturated heterocycles. The first-order valence-electron chi connectivity index (χ1n) is 7.56. The molecular formula is C16H19FN4OS. The fourth-order valence-electron chi connectivity index (χ4n) is 2.62. The number of carbonyl (C=O) groups excluding carboxylic acids is 1. The van der Waals surface area contributed by atoms with Crippen molar-refractivity contribution in [2.45, 2.75) is 6.54 Å². The van der Waals surface area contributed by atoms with Crippen molar-refractivity contribution in [1.82, 2.24) is 14.8 Å². The molecule has 0 saturated carbocycles. The zero-order chi connectivity index (χ0) is 16.2. The Kier molecular flexibility index (Phi) is 5.00. The van der Waals surface area contributed by atoms with Crippen molar-refractivity contribution in [3.05, 3.63) is 41.2 Å². The van der Waals surface area contributed by atoms with Crippen LogP contribution in [0.4, 0.5) is 4.39 Å². The second kappa shape index (κ2) is 7.16. The number of nitrogens with two attached hydrogens (primary N) is 1. The van der Waals surface area contributed by atoms with Crippen molar-refractivity contribution in [3.63, 3.8) is 0 Å². The van der Waals surface area contributed by atoms with Gasteiger partial charge in [-0.2, -0.15) is 0 Å². The second-order valence-electron chi connectivity index (χ2n) is 5.51. The van der Waals surface area contributed by atoms with Gasteiger partial charge in [-0.15, -0.1) is 11.3 Å². The number of nitrogens with zero attached hydrogens (tertiary/aromatic N) is 3. The highest BCUT2D eigenvalue weighted by molar-refractivity contribution is 7.13. The Hall–Kier alpha value is -1.83. The minimum Gasteiger partial charge on any atom is -0.339 e. The standard InChI is InChI=1S/C16H19FN4OS/c17-13-3-1-12(2-4-13)16-19-14(11-23-16)10-20-5-7-21(8-6-20)15(22)9-18/h1-4,11H,5-10,18H2. The van der Waals surface area contributed by atoms with Gasteiger partial charge in [0.25, 0.3) is 0 Å². The predicted molar refractivity (Wildman–Crippen MR) is 88.4 cm³/mol. The van der Waals surface area contributed by atoms with E-state index in [-0.39, 0.29) is 18.3 Å². The van der Waals surface area contributed by atoms with Crippen LogP contribution in [-0.4, -0.2) is 53.4 Å². The Labute approximate surface area is 138 Å². The largest absolute Gasteiger partial charge is 0.339 e. The van der Waals surface area contributed by atoms with Gasteiger partial charge >= 0.3 is 0 Å². The van der Waals surface area contributed by atoms with Crippen molar-refractivity contribution in [1.29, 1.82) is 0 Å². The highest BCUT2D eigenvalue weighted by Crippen LogP contribution is 2.24. The fourth-order valence-corrected chi connectivity index (χ4v) is 3.44. The summed E-state index contributed by atoms with van der Waals surface area (Å²) in [6.45, 7) is 3.93. The minimum absolute atomic E-state index is 0.0110. The zero-order valence-corrected chi connectivity index (χ0v) is 13.6. The number of piperazine rings is 1. The first-order valence-corrected chi connectivity index (χ1v) is 8.44. The Bertz CT molecular complexity index is 665. The molecule has 122 valence electrons. The molecule has 0 atom stereocenters.